The predicted octanol–water partition coefficient (Wildman–Crippen LogP) is 2.46. The maximum Gasteiger partial charge on any atom is 0.306 e. The van der Waals surface area contributed by atoms with Crippen LogP contribution in [0.3, 0.4) is 0 Å². The zero-order chi connectivity index (χ0) is 12.7. The van der Waals surface area contributed by atoms with Gasteiger partial charge in [-0.05, 0) is 24.5 Å². The fourth-order valence-electron chi connectivity index (χ4n) is 1.65. The molecule has 0 aromatic heterocycles. The molecule has 0 bridgehead atoms. The molecule has 1 N–H and O–H groups in total. The predicted molar refractivity (Wildman–Crippen MR) is 68.9 cm³/mol. The van der Waals surface area contributed by atoms with Crippen LogP contribution in [0.1, 0.15) is 37.4 Å². The van der Waals surface area contributed by atoms with Gasteiger partial charge in [0, 0.05) is 12.6 Å². The van der Waals surface area contributed by atoms with Crippen LogP contribution < -0.4 is 5.32 Å². The zero-order valence-corrected chi connectivity index (χ0v) is 10.8. The highest BCUT2D eigenvalue weighted by Crippen LogP contribution is 2.13. The van der Waals surface area contributed by atoms with Crippen LogP contribution in [-0.2, 0) is 16.0 Å². The van der Waals surface area contributed by atoms with E-state index in [1.807, 2.05) is 0 Å². The molecule has 0 heterocycles. The van der Waals surface area contributed by atoms with Gasteiger partial charge in [0.05, 0.1) is 13.5 Å². The molecule has 17 heavy (non-hydrogen) atoms. The number of esters is 1. The van der Waals surface area contributed by atoms with Crippen LogP contribution in [0.25, 0.3) is 0 Å². The molecule has 0 fully saturated rings. The molecule has 1 unspecified atom stereocenters. The summed E-state index contributed by atoms with van der Waals surface area (Å²) in [6.45, 7) is 4.88. The maximum atomic E-state index is 11.0. The van der Waals surface area contributed by atoms with E-state index in [0.29, 0.717) is 13.0 Å². The number of methoxy groups -OCH3 is 1. The summed E-state index contributed by atoms with van der Waals surface area (Å²) in [6, 6.07) is 8.82. The first-order valence-corrected chi connectivity index (χ1v) is 6.06. The van der Waals surface area contributed by atoms with Gasteiger partial charge in [0.2, 0.25) is 0 Å². The fraction of sp³-hybridized carbons (Fsp3) is 0.500. The largest absolute Gasteiger partial charge is 0.469 e. The summed E-state index contributed by atoms with van der Waals surface area (Å²) >= 11 is 0. The van der Waals surface area contributed by atoms with Gasteiger partial charge in [-0.2, -0.15) is 0 Å². The molecule has 0 radical (unpaired) electrons. The first kappa shape index (κ1) is 13.7. The standard InChI is InChI=1S/C14H21NO2/c1-4-12-5-7-13(8-6-12)11(2)15-10-9-14(16)17-3/h5-8,11,15H,4,9-10H2,1-3H3. The molecule has 0 aliphatic carbocycles. The second-order valence-electron chi connectivity index (χ2n) is 4.10. The van der Waals surface area contributed by atoms with Crippen LogP contribution in [0.2, 0.25) is 0 Å². The van der Waals surface area contributed by atoms with E-state index in [4.69, 9.17) is 0 Å². The van der Waals surface area contributed by atoms with Gasteiger partial charge in [-0.1, -0.05) is 31.2 Å². The van der Waals surface area contributed by atoms with Crippen molar-refractivity contribution < 1.29 is 9.53 Å². The highest BCUT2D eigenvalue weighted by molar-refractivity contribution is 5.69. The summed E-state index contributed by atoms with van der Waals surface area (Å²) in [7, 11) is 1.41. The molecule has 1 rings (SSSR count). The molecule has 0 saturated carbocycles. The number of benzene rings is 1. The Morgan fingerprint density at radius 1 is 1.35 bits per heavy atom. The summed E-state index contributed by atoms with van der Waals surface area (Å²) in [5.41, 5.74) is 2.59. The van der Waals surface area contributed by atoms with Gasteiger partial charge in [-0.15, -0.1) is 0 Å². The van der Waals surface area contributed by atoms with Crippen molar-refractivity contribution in [2.45, 2.75) is 32.7 Å². The Hall–Kier alpha value is -1.35. The average Bonchev–Trinajstić information content (AvgIpc) is 2.38. The minimum absolute atomic E-state index is 0.175. The highest BCUT2D eigenvalue weighted by atomic mass is 16.5. The highest BCUT2D eigenvalue weighted by Gasteiger charge is 2.06. The molecule has 1 atom stereocenters. The van der Waals surface area contributed by atoms with Gasteiger partial charge in [-0.25, -0.2) is 0 Å². The SMILES string of the molecule is CCc1ccc(C(C)NCCC(=O)OC)cc1. The van der Waals surface area contributed by atoms with Crippen molar-refractivity contribution in [1.82, 2.24) is 5.32 Å². The monoisotopic (exact) mass is 235 g/mol. The molecule has 0 spiro atoms. The van der Waals surface area contributed by atoms with E-state index in [-0.39, 0.29) is 12.0 Å². The summed E-state index contributed by atoms with van der Waals surface area (Å²) < 4.78 is 4.59. The molecule has 3 nitrogen and oxygen atoms in total. The first-order chi connectivity index (χ1) is 8.17. The van der Waals surface area contributed by atoms with E-state index >= 15 is 0 Å². The maximum absolute atomic E-state index is 11.0. The summed E-state index contributed by atoms with van der Waals surface area (Å²) in [5, 5.41) is 3.30. The van der Waals surface area contributed by atoms with Gasteiger partial charge in [0.25, 0.3) is 0 Å². The van der Waals surface area contributed by atoms with Gasteiger partial charge in [0.15, 0.2) is 0 Å². The van der Waals surface area contributed by atoms with Crippen molar-refractivity contribution in [2.24, 2.45) is 0 Å². The van der Waals surface area contributed by atoms with Crippen molar-refractivity contribution in [3.63, 3.8) is 0 Å². The number of carbonyl (C=O) groups is 1. The van der Waals surface area contributed by atoms with Crippen LogP contribution in [0, 0.1) is 0 Å². The summed E-state index contributed by atoms with van der Waals surface area (Å²) in [6.07, 6.45) is 1.47. The zero-order valence-electron chi connectivity index (χ0n) is 10.8. The number of aryl methyl sites for hydroxylation is 1. The Kier molecular flexibility index (Phi) is 5.70. The second-order valence-corrected chi connectivity index (χ2v) is 4.10. The number of nitrogens with one attached hydrogen (secondary N) is 1. The van der Waals surface area contributed by atoms with Crippen molar-refractivity contribution >= 4 is 5.97 Å². The Balaban J connectivity index is 2.40. The van der Waals surface area contributed by atoms with E-state index in [1.54, 1.807) is 0 Å². The van der Waals surface area contributed by atoms with Crippen LogP contribution in [0.4, 0.5) is 0 Å². The van der Waals surface area contributed by atoms with Crippen molar-refractivity contribution in [3.8, 4) is 0 Å². The normalized spacial score (nSPS) is 12.2. The average molecular weight is 235 g/mol. The van der Waals surface area contributed by atoms with E-state index in [9.17, 15) is 4.79 Å². The van der Waals surface area contributed by atoms with Crippen LogP contribution >= 0.6 is 0 Å². The van der Waals surface area contributed by atoms with Gasteiger partial charge >= 0.3 is 5.97 Å². The van der Waals surface area contributed by atoms with Gasteiger partial charge in [-0.3, -0.25) is 4.79 Å². The fourth-order valence-corrected chi connectivity index (χ4v) is 1.65. The summed E-state index contributed by atoms with van der Waals surface area (Å²) in [5.74, 6) is -0.175. The third kappa shape index (κ3) is 4.57. The minimum Gasteiger partial charge on any atom is -0.469 e. The van der Waals surface area contributed by atoms with E-state index in [1.165, 1.54) is 18.2 Å². The number of hydrogen-bond donors (Lipinski definition) is 1. The van der Waals surface area contributed by atoms with Crippen LogP contribution in [0.5, 0.6) is 0 Å². The van der Waals surface area contributed by atoms with Crippen molar-refractivity contribution in [3.05, 3.63) is 35.4 Å². The Morgan fingerprint density at radius 3 is 2.53 bits per heavy atom. The van der Waals surface area contributed by atoms with Crippen molar-refractivity contribution in [2.75, 3.05) is 13.7 Å². The number of carbonyl (C=O) groups excluding carboxylic acids is 1. The van der Waals surface area contributed by atoms with Crippen LogP contribution in [0.15, 0.2) is 24.3 Å². The lowest BCUT2D eigenvalue weighted by Crippen LogP contribution is -2.22. The van der Waals surface area contributed by atoms with E-state index < -0.39 is 0 Å². The molecular formula is C14H21NO2. The molecule has 0 aliphatic rings. The molecule has 0 amide bonds. The number of hydrogen-bond acceptors (Lipinski definition) is 3. The molecule has 1 aromatic rings. The molecule has 1 aromatic carbocycles. The van der Waals surface area contributed by atoms with Gasteiger partial charge in [0.1, 0.15) is 0 Å². The van der Waals surface area contributed by atoms with E-state index in [2.05, 4.69) is 48.2 Å². The quantitative estimate of drug-likeness (QED) is 0.770. The topological polar surface area (TPSA) is 38.3 Å². The minimum atomic E-state index is -0.175. The first-order valence-electron chi connectivity index (χ1n) is 6.06. The smallest absolute Gasteiger partial charge is 0.306 e. The molecule has 0 saturated heterocycles. The van der Waals surface area contributed by atoms with Crippen LogP contribution in [-0.4, -0.2) is 19.6 Å². The third-order valence-corrected chi connectivity index (χ3v) is 2.90. The Bertz CT molecular complexity index is 346. The summed E-state index contributed by atoms with van der Waals surface area (Å²) in [4.78, 5) is 11.0. The molecule has 0 aliphatic heterocycles. The lowest BCUT2D eigenvalue weighted by Gasteiger charge is -2.14. The number of rotatable bonds is 6. The second kappa shape index (κ2) is 7.07. The lowest BCUT2D eigenvalue weighted by atomic mass is 10.1. The van der Waals surface area contributed by atoms with E-state index in [0.717, 1.165) is 6.42 Å². The van der Waals surface area contributed by atoms with Gasteiger partial charge < -0.3 is 10.1 Å². The number of ether oxygens (including phenoxy) is 1. The molecular weight excluding hydrogens is 214 g/mol. The Morgan fingerprint density at radius 2 is 2.00 bits per heavy atom. The Labute approximate surface area is 103 Å². The molecule has 3 heteroatoms. The third-order valence-electron chi connectivity index (χ3n) is 2.90. The van der Waals surface area contributed by atoms with Crippen molar-refractivity contribution in [1.29, 1.82) is 0 Å². The molecule has 94 valence electrons. The lowest BCUT2D eigenvalue weighted by molar-refractivity contribution is -0.140.